The Kier molecular flexibility index (Phi) is 10.7. The highest BCUT2D eigenvalue weighted by molar-refractivity contribution is 5.85. The summed E-state index contributed by atoms with van der Waals surface area (Å²) in [4.78, 5) is 39.6. The topological polar surface area (TPSA) is 137 Å². The van der Waals surface area contributed by atoms with E-state index in [4.69, 9.17) is 24.3 Å². The lowest BCUT2D eigenvalue weighted by Gasteiger charge is -2.38. The summed E-state index contributed by atoms with van der Waals surface area (Å²) in [6, 6.07) is 5.88. The summed E-state index contributed by atoms with van der Waals surface area (Å²) in [5.41, 5.74) is 2.97. The number of aromatic nitrogens is 2. The number of carbonyl (C=O) groups is 3. The van der Waals surface area contributed by atoms with Crippen molar-refractivity contribution < 1.29 is 55.5 Å². The number of aliphatic carboxylic acids is 2. The van der Waals surface area contributed by atoms with E-state index in [1.807, 2.05) is 36.9 Å². The Morgan fingerprint density at radius 3 is 1.90 bits per heavy atom. The minimum Gasteiger partial charge on any atom is -0.475 e. The van der Waals surface area contributed by atoms with Gasteiger partial charge in [0.15, 0.2) is 0 Å². The minimum absolute atomic E-state index is 0.163. The number of hydrogen-bond donors (Lipinski definition) is 2. The number of nitrogens with zero attached hydrogens (tertiary/aromatic N) is 4. The van der Waals surface area contributed by atoms with Crippen LogP contribution in [0.4, 0.5) is 26.3 Å². The summed E-state index contributed by atoms with van der Waals surface area (Å²) in [6.07, 6.45) is -5.53. The van der Waals surface area contributed by atoms with Crippen LogP contribution in [0.5, 0.6) is 0 Å². The molecule has 16 heteroatoms. The number of pyridine rings is 1. The van der Waals surface area contributed by atoms with Gasteiger partial charge in [-0.05, 0) is 58.3 Å². The molecule has 2 fully saturated rings. The van der Waals surface area contributed by atoms with Gasteiger partial charge >= 0.3 is 24.3 Å². The van der Waals surface area contributed by atoms with Crippen LogP contribution in [0.3, 0.4) is 0 Å². The smallest absolute Gasteiger partial charge is 0.475 e. The van der Waals surface area contributed by atoms with E-state index in [1.165, 1.54) is 5.56 Å². The number of piperidine rings is 1. The maximum absolute atomic E-state index is 13.1. The van der Waals surface area contributed by atoms with Crippen molar-refractivity contribution >= 4 is 17.8 Å². The third-order valence-corrected chi connectivity index (χ3v) is 6.54. The third kappa shape index (κ3) is 8.93. The van der Waals surface area contributed by atoms with Crippen molar-refractivity contribution in [1.82, 2.24) is 19.9 Å². The fourth-order valence-electron chi connectivity index (χ4n) is 4.29. The molecule has 2 aliphatic heterocycles. The predicted octanol–water partition coefficient (Wildman–Crippen LogP) is 3.97. The summed E-state index contributed by atoms with van der Waals surface area (Å²) >= 11 is 0. The molecule has 10 nitrogen and oxygen atoms in total. The largest absolute Gasteiger partial charge is 0.490 e. The van der Waals surface area contributed by atoms with Gasteiger partial charge in [0.25, 0.3) is 0 Å². The Hall–Kier alpha value is -3.69. The van der Waals surface area contributed by atoms with Crippen LogP contribution in [-0.2, 0) is 27.5 Å². The van der Waals surface area contributed by atoms with Crippen LogP contribution in [-0.4, -0.2) is 80.0 Å². The van der Waals surface area contributed by atoms with Crippen molar-refractivity contribution in [3.05, 3.63) is 47.1 Å². The standard InChI is InChI=1S/C20H26N4O2.2C2HF3O2/c1-15-18(16(2)26-22-15)14-23-10-6-20(7-11-23)8-12-24(19(20)25)13-17-5-3-4-9-21-17;2*3-2(4,5)1(6)7/h3-5,9H,6-8,10-14H2,1-2H3;2*(H,6,7). The average molecular weight is 582 g/mol. The highest BCUT2D eigenvalue weighted by Crippen LogP contribution is 2.42. The molecule has 0 radical (unpaired) electrons. The second-order valence-electron chi connectivity index (χ2n) is 9.26. The van der Waals surface area contributed by atoms with Crippen LogP contribution in [0.15, 0.2) is 28.9 Å². The molecule has 2 aromatic rings. The lowest BCUT2D eigenvalue weighted by atomic mass is 9.77. The van der Waals surface area contributed by atoms with Gasteiger partial charge in [0, 0.05) is 24.8 Å². The van der Waals surface area contributed by atoms with Crippen molar-refractivity contribution in [2.24, 2.45) is 5.41 Å². The summed E-state index contributed by atoms with van der Waals surface area (Å²) in [5, 5.41) is 18.3. The first-order chi connectivity index (χ1) is 18.5. The Balaban J connectivity index is 0.000000333. The lowest BCUT2D eigenvalue weighted by Crippen LogP contribution is -2.44. The molecule has 0 aliphatic carbocycles. The normalized spacial score (nSPS) is 17.1. The van der Waals surface area contributed by atoms with Crippen LogP contribution >= 0.6 is 0 Å². The Morgan fingerprint density at radius 1 is 0.950 bits per heavy atom. The average Bonchev–Trinajstić information content (AvgIpc) is 3.34. The van der Waals surface area contributed by atoms with Crippen LogP contribution in [0, 0.1) is 19.3 Å². The summed E-state index contributed by atoms with van der Waals surface area (Å²) in [6.45, 7) is 8.21. The van der Waals surface area contributed by atoms with E-state index in [0.29, 0.717) is 12.5 Å². The van der Waals surface area contributed by atoms with Crippen molar-refractivity contribution in [3.63, 3.8) is 0 Å². The van der Waals surface area contributed by atoms with Gasteiger partial charge in [0.1, 0.15) is 5.76 Å². The van der Waals surface area contributed by atoms with E-state index in [0.717, 1.165) is 62.6 Å². The van der Waals surface area contributed by atoms with E-state index in [1.54, 1.807) is 6.20 Å². The zero-order valence-corrected chi connectivity index (χ0v) is 21.6. The molecule has 2 saturated heterocycles. The first-order valence-corrected chi connectivity index (χ1v) is 11.9. The number of halogens is 6. The third-order valence-electron chi connectivity index (χ3n) is 6.54. The number of aryl methyl sites for hydroxylation is 2. The van der Waals surface area contributed by atoms with Gasteiger partial charge in [-0.2, -0.15) is 26.3 Å². The van der Waals surface area contributed by atoms with Crippen LogP contribution in [0.2, 0.25) is 0 Å². The molecule has 0 aromatic carbocycles. The SMILES string of the molecule is Cc1noc(C)c1CN1CCC2(CC1)CCN(Cc1ccccn1)C2=O.O=C(O)C(F)(F)F.O=C(O)C(F)(F)F. The monoisotopic (exact) mass is 582 g/mol. The molecule has 1 amide bonds. The number of alkyl halides is 6. The van der Waals surface area contributed by atoms with Crippen LogP contribution in [0.1, 0.15) is 42.0 Å². The quantitative estimate of drug-likeness (QED) is 0.513. The van der Waals surface area contributed by atoms with Crippen LogP contribution in [0.25, 0.3) is 0 Å². The zero-order chi connectivity index (χ0) is 30.3. The Labute approximate surface area is 224 Å². The van der Waals surface area contributed by atoms with Gasteiger partial charge in [-0.1, -0.05) is 11.2 Å². The first-order valence-electron chi connectivity index (χ1n) is 11.9. The zero-order valence-electron chi connectivity index (χ0n) is 21.6. The molecule has 0 atom stereocenters. The number of carbonyl (C=O) groups excluding carboxylic acids is 1. The minimum atomic E-state index is -5.08. The van der Waals surface area contributed by atoms with Gasteiger partial charge in [-0.25, -0.2) is 9.59 Å². The molecule has 2 aromatic heterocycles. The Morgan fingerprint density at radius 2 is 1.48 bits per heavy atom. The molecule has 0 unspecified atom stereocenters. The molecule has 0 bridgehead atoms. The molecule has 0 saturated carbocycles. The molecule has 2 N–H and O–H groups in total. The number of carboxylic acid groups (broad SMARTS) is 2. The molecular formula is C24H28F6N4O6. The summed E-state index contributed by atoms with van der Waals surface area (Å²) < 4.78 is 68.7. The summed E-state index contributed by atoms with van der Waals surface area (Å²) in [5.74, 6) is -4.29. The second-order valence-corrected chi connectivity index (χ2v) is 9.26. The van der Waals surface area contributed by atoms with Gasteiger partial charge < -0.3 is 19.6 Å². The van der Waals surface area contributed by atoms with E-state index < -0.39 is 24.3 Å². The van der Waals surface area contributed by atoms with Crippen molar-refractivity contribution in [2.45, 2.75) is 58.6 Å². The maximum Gasteiger partial charge on any atom is 0.490 e. The van der Waals surface area contributed by atoms with Gasteiger partial charge in [0.2, 0.25) is 5.91 Å². The Bertz CT molecular complexity index is 1120. The van der Waals surface area contributed by atoms with Gasteiger partial charge in [-0.3, -0.25) is 14.7 Å². The fraction of sp³-hybridized carbons (Fsp3) is 0.542. The second kappa shape index (κ2) is 13.1. The number of hydrogen-bond acceptors (Lipinski definition) is 7. The predicted molar refractivity (Wildman–Crippen MR) is 125 cm³/mol. The van der Waals surface area contributed by atoms with Gasteiger partial charge in [-0.15, -0.1) is 0 Å². The number of likely N-dealkylation sites (tertiary alicyclic amines) is 2. The van der Waals surface area contributed by atoms with E-state index >= 15 is 0 Å². The maximum atomic E-state index is 13.1. The highest BCUT2D eigenvalue weighted by atomic mass is 19.4. The first kappa shape index (κ1) is 32.5. The lowest BCUT2D eigenvalue weighted by molar-refractivity contribution is -0.193. The molecule has 222 valence electrons. The molecule has 40 heavy (non-hydrogen) atoms. The number of amides is 1. The molecule has 4 rings (SSSR count). The molecule has 4 heterocycles. The van der Waals surface area contributed by atoms with Gasteiger partial charge in [0.05, 0.1) is 23.3 Å². The number of carboxylic acids is 2. The number of rotatable bonds is 4. The van der Waals surface area contributed by atoms with E-state index in [-0.39, 0.29) is 5.41 Å². The van der Waals surface area contributed by atoms with E-state index in [2.05, 4.69) is 15.0 Å². The highest BCUT2D eigenvalue weighted by Gasteiger charge is 2.48. The molecular weight excluding hydrogens is 554 g/mol. The molecule has 1 spiro atoms. The summed E-state index contributed by atoms with van der Waals surface area (Å²) in [7, 11) is 0. The fourth-order valence-corrected chi connectivity index (χ4v) is 4.29. The van der Waals surface area contributed by atoms with Crippen molar-refractivity contribution in [3.8, 4) is 0 Å². The van der Waals surface area contributed by atoms with Crippen LogP contribution < -0.4 is 0 Å². The molecule has 2 aliphatic rings. The van der Waals surface area contributed by atoms with Crippen molar-refractivity contribution in [2.75, 3.05) is 19.6 Å². The van der Waals surface area contributed by atoms with E-state index in [9.17, 15) is 31.1 Å². The van der Waals surface area contributed by atoms with Crippen molar-refractivity contribution in [1.29, 1.82) is 0 Å².